The third-order valence-electron chi connectivity index (χ3n) is 3.25. The van der Waals surface area contributed by atoms with Gasteiger partial charge in [-0.05, 0) is 39.0 Å². The Morgan fingerprint density at radius 1 is 1.20 bits per heavy atom. The molecule has 2 N–H and O–H groups in total. The minimum atomic E-state index is -0.678. The number of esters is 1. The highest BCUT2D eigenvalue weighted by molar-refractivity contribution is 5.89. The van der Waals surface area contributed by atoms with Crippen LogP contribution in [0.25, 0.3) is 0 Å². The second-order valence-electron chi connectivity index (χ2n) is 5.31. The fourth-order valence-electron chi connectivity index (χ4n) is 1.87. The highest BCUT2D eigenvalue weighted by Gasteiger charge is 2.25. The number of hydrogen-bond donors (Lipinski definition) is 1. The predicted octanol–water partition coefficient (Wildman–Crippen LogP) is 3.14. The van der Waals surface area contributed by atoms with Crippen LogP contribution < -0.4 is 5.73 Å². The van der Waals surface area contributed by atoms with Gasteiger partial charge in [0.2, 0.25) is 0 Å². The normalized spacial score (nSPS) is 13.6. The molecule has 0 amide bonds. The molecule has 0 spiro atoms. The van der Waals surface area contributed by atoms with E-state index >= 15 is 0 Å². The maximum atomic E-state index is 12.1. The molecule has 0 aliphatic rings. The Morgan fingerprint density at radius 3 is 2.35 bits per heavy atom. The molecule has 4 heteroatoms. The molecule has 4 nitrogen and oxygen atoms in total. The smallest absolute Gasteiger partial charge is 0.306 e. The molecule has 0 aliphatic carbocycles. The number of carbonyl (C=O) groups is 2. The number of allylic oxidation sites excluding steroid dienone is 1. The van der Waals surface area contributed by atoms with Gasteiger partial charge in [0.25, 0.3) is 0 Å². The predicted molar refractivity (Wildman–Crippen MR) is 81.3 cm³/mol. The number of ether oxygens (including phenoxy) is 1. The Bertz CT molecular complexity index is 326. The summed E-state index contributed by atoms with van der Waals surface area (Å²) < 4.78 is 5.23. The van der Waals surface area contributed by atoms with Crippen molar-refractivity contribution in [3.8, 4) is 0 Å². The molecule has 0 radical (unpaired) electrons. The van der Waals surface area contributed by atoms with Crippen molar-refractivity contribution in [1.82, 2.24) is 0 Å². The van der Waals surface area contributed by atoms with Crippen molar-refractivity contribution >= 4 is 11.8 Å². The molecule has 0 bridgehead atoms. The van der Waals surface area contributed by atoms with Crippen molar-refractivity contribution in [3.63, 3.8) is 0 Å². The largest absolute Gasteiger partial charge is 0.454 e. The molecule has 2 unspecified atom stereocenters. The molecule has 0 fully saturated rings. The minimum absolute atomic E-state index is 0.158. The zero-order valence-corrected chi connectivity index (χ0v) is 13.1. The van der Waals surface area contributed by atoms with Crippen LogP contribution in [0.4, 0.5) is 0 Å². The number of hydrogen-bond acceptors (Lipinski definition) is 4. The van der Waals surface area contributed by atoms with E-state index in [2.05, 4.69) is 6.58 Å². The zero-order valence-electron chi connectivity index (χ0n) is 13.1. The third-order valence-corrected chi connectivity index (χ3v) is 3.25. The van der Waals surface area contributed by atoms with Crippen molar-refractivity contribution in [3.05, 3.63) is 12.2 Å². The van der Waals surface area contributed by atoms with Gasteiger partial charge in [0.1, 0.15) is 0 Å². The van der Waals surface area contributed by atoms with Gasteiger partial charge in [-0.25, -0.2) is 0 Å². The number of Topliss-reactive ketones (excluding diaryl/α,β-unsaturated/α-hetero) is 1. The standard InChI is InChI=1S/C16H29NO3/c1-5-13(17)16(19)14(20-15(18)6-2)11-9-7-8-10-12(3)4/h13-14H,3,5-11,17H2,1-2,4H3. The maximum absolute atomic E-state index is 12.1. The van der Waals surface area contributed by atoms with E-state index in [0.29, 0.717) is 12.8 Å². The number of carbonyl (C=O) groups excluding carboxylic acids is 2. The molecule has 0 aromatic heterocycles. The summed E-state index contributed by atoms with van der Waals surface area (Å²) in [6.45, 7) is 9.44. The van der Waals surface area contributed by atoms with Crippen molar-refractivity contribution < 1.29 is 14.3 Å². The van der Waals surface area contributed by atoms with Gasteiger partial charge < -0.3 is 10.5 Å². The van der Waals surface area contributed by atoms with Crippen molar-refractivity contribution in [2.45, 2.75) is 77.9 Å². The van der Waals surface area contributed by atoms with Gasteiger partial charge in [-0.15, -0.1) is 6.58 Å². The summed E-state index contributed by atoms with van der Waals surface area (Å²) in [5.41, 5.74) is 6.92. The van der Waals surface area contributed by atoms with E-state index in [4.69, 9.17) is 10.5 Å². The Balaban J connectivity index is 4.28. The van der Waals surface area contributed by atoms with Crippen molar-refractivity contribution in [2.75, 3.05) is 0 Å². The second kappa shape index (κ2) is 10.6. The summed E-state index contributed by atoms with van der Waals surface area (Å²) in [5, 5.41) is 0. The lowest BCUT2D eigenvalue weighted by Crippen LogP contribution is -2.40. The van der Waals surface area contributed by atoms with Crippen LogP contribution in [-0.4, -0.2) is 23.9 Å². The molecular formula is C16H29NO3. The average molecular weight is 283 g/mol. The van der Waals surface area contributed by atoms with E-state index in [-0.39, 0.29) is 18.2 Å². The van der Waals surface area contributed by atoms with Crippen LogP contribution in [0.1, 0.15) is 65.7 Å². The molecule has 2 atom stereocenters. The van der Waals surface area contributed by atoms with Crippen LogP contribution in [0.2, 0.25) is 0 Å². The van der Waals surface area contributed by atoms with Crippen LogP contribution in [0, 0.1) is 0 Å². The lowest BCUT2D eigenvalue weighted by Gasteiger charge is -2.19. The van der Waals surface area contributed by atoms with E-state index in [0.717, 1.165) is 25.7 Å². The Morgan fingerprint density at radius 2 is 1.85 bits per heavy atom. The monoisotopic (exact) mass is 283 g/mol. The first-order chi connectivity index (χ1) is 9.42. The molecule has 0 saturated carbocycles. The number of rotatable bonds is 11. The first kappa shape index (κ1) is 18.8. The fraction of sp³-hybridized carbons (Fsp3) is 0.750. The molecule has 0 aromatic carbocycles. The second-order valence-corrected chi connectivity index (χ2v) is 5.31. The first-order valence-corrected chi connectivity index (χ1v) is 7.55. The van der Waals surface area contributed by atoms with E-state index < -0.39 is 12.1 Å². The molecule has 116 valence electrons. The molecule has 0 heterocycles. The highest BCUT2D eigenvalue weighted by atomic mass is 16.5. The van der Waals surface area contributed by atoms with Gasteiger partial charge >= 0.3 is 5.97 Å². The lowest BCUT2D eigenvalue weighted by molar-refractivity contribution is -0.155. The topological polar surface area (TPSA) is 69.4 Å². The van der Waals surface area contributed by atoms with Crippen molar-refractivity contribution in [1.29, 1.82) is 0 Å². The minimum Gasteiger partial charge on any atom is -0.454 e. The van der Waals surface area contributed by atoms with Crippen LogP contribution in [0.3, 0.4) is 0 Å². The zero-order chi connectivity index (χ0) is 15.5. The van der Waals surface area contributed by atoms with Gasteiger partial charge in [0.05, 0.1) is 6.04 Å². The van der Waals surface area contributed by atoms with Gasteiger partial charge in [0, 0.05) is 6.42 Å². The highest BCUT2D eigenvalue weighted by Crippen LogP contribution is 2.13. The molecular weight excluding hydrogens is 254 g/mol. The summed E-state index contributed by atoms with van der Waals surface area (Å²) >= 11 is 0. The molecule has 0 saturated heterocycles. The fourth-order valence-corrected chi connectivity index (χ4v) is 1.87. The average Bonchev–Trinajstić information content (AvgIpc) is 2.43. The third kappa shape index (κ3) is 8.10. The Kier molecular flexibility index (Phi) is 9.99. The van der Waals surface area contributed by atoms with Gasteiger partial charge in [-0.1, -0.05) is 25.8 Å². The quantitative estimate of drug-likeness (QED) is 0.359. The molecule has 0 aliphatic heterocycles. The number of unbranched alkanes of at least 4 members (excludes halogenated alkanes) is 2. The summed E-state index contributed by atoms with van der Waals surface area (Å²) in [4.78, 5) is 23.5. The van der Waals surface area contributed by atoms with Crippen LogP contribution in [0.5, 0.6) is 0 Å². The molecule has 0 rings (SSSR count). The summed E-state index contributed by atoms with van der Waals surface area (Å²) in [5.74, 6) is -0.497. The Hall–Kier alpha value is -1.16. The SMILES string of the molecule is C=C(C)CCCCCC(OC(=O)CC)C(=O)C(N)CC. The number of ketones is 1. The van der Waals surface area contributed by atoms with Crippen molar-refractivity contribution in [2.24, 2.45) is 5.73 Å². The summed E-state index contributed by atoms with van der Waals surface area (Å²) in [6, 6.07) is -0.542. The lowest BCUT2D eigenvalue weighted by atomic mass is 10.00. The van der Waals surface area contributed by atoms with Crippen LogP contribution in [0.15, 0.2) is 12.2 Å². The van der Waals surface area contributed by atoms with E-state index in [1.807, 2.05) is 13.8 Å². The number of nitrogens with two attached hydrogens (primary N) is 1. The Labute approximate surface area is 122 Å². The molecule has 20 heavy (non-hydrogen) atoms. The van der Waals surface area contributed by atoms with Crippen LogP contribution in [-0.2, 0) is 14.3 Å². The van der Waals surface area contributed by atoms with Crippen LogP contribution >= 0.6 is 0 Å². The van der Waals surface area contributed by atoms with Gasteiger partial charge in [-0.3, -0.25) is 9.59 Å². The van der Waals surface area contributed by atoms with Gasteiger partial charge in [0.15, 0.2) is 11.9 Å². The van der Waals surface area contributed by atoms with Gasteiger partial charge in [-0.2, -0.15) is 0 Å². The maximum Gasteiger partial charge on any atom is 0.306 e. The summed E-state index contributed by atoms with van der Waals surface area (Å²) in [7, 11) is 0. The van der Waals surface area contributed by atoms with E-state index in [1.54, 1.807) is 6.92 Å². The summed E-state index contributed by atoms with van der Waals surface area (Å²) in [6.07, 6.45) is 4.64. The first-order valence-electron chi connectivity index (χ1n) is 7.55. The van der Waals surface area contributed by atoms with E-state index in [1.165, 1.54) is 5.57 Å². The molecule has 0 aromatic rings. The van der Waals surface area contributed by atoms with E-state index in [9.17, 15) is 9.59 Å².